The second-order valence-electron chi connectivity index (χ2n) is 4.67. The molecule has 0 aliphatic rings. The number of carbonyl (C=O) groups excluding carboxylic acids is 1. The third-order valence-corrected chi connectivity index (χ3v) is 3.04. The first-order valence-corrected chi connectivity index (χ1v) is 6.27. The lowest BCUT2D eigenvalue weighted by molar-refractivity contribution is -0.133. The van der Waals surface area contributed by atoms with Crippen LogP contribution in [-0.4, -0.2) is 27.8 Å². The standard InChI is InChI=1S/C13H19N3OS/c1-9(2)11(12(14)18)13(17)16(3)8-10-4-6-15-7-5-10/h4-7,9,11H,8H2,1-3H3,(H2,14,18). The predicted molar refractivity (Wildman–Crippen MR) is 75.8 cm³/mol. The Morgan fingerprint density at radius 2 is 2.00 bits per heavy atom. The van der Waals surface area contributed by atoms with E-state index in [2.05, 4.69) is 4.98 Å². The largest absolute Gasteiger partial charge is 0.393 e. The molecule has 98 valence electrons. The molecule has 1 aromatic heterocycles. The summed E-state index contributed by atoms with van der Waals surface area (Å²) in [7, 11) is 1.76. The first-order valence-electron chi connectivity index (χ1n) is 5.86. The summed E-state index contributed by atoms with van der Waals surface area (Å²) in [6.45, 7) is 4.43. The number of hydrogen-bond donors (Lipinski definition) is 1. The van der Waals surface area contributed by atoms with E-state index in [1.807, 2.05) is 26.0 Å². The minimum atomic E-state index is -0.396. The Bertz CT molecular complexity index is 420. The summed E-state index contributed by atoms with van der Waals surface area (Å²) in [5, 5.41) is 0. The highest BCUT2D eigenvalue weighted by atomic mass is 32.1. The summed E-state index contributed by atoms with van der Waals surface area (Å²) in [4.78, 5) is 18.1. The number of nitrogens with two attached hydrogens (primary N) is 1. The van der Waals surface area contributed by atoms with Crippen LogP contribution >= 0.6 is 12.2 Å². The fourth-order valence-corrected chi connectivity index (χ4v) is 2.19. The maximum atomic E-state index is 12.3. The molecule has 1 rings (SSSR count). The quantitative estimate of drug-likeness (QED) is 0.822. The van der Waals surface area contributed by atoms with Crippen LogP contribution < -0.4 is 5.73 Å². The van der Waals surface area contributed by atoms with Crippen LogP contribution in [0.3, 0.4) is 0 Å². The maximum Gasteiger partial charge on any atom is 0.232 e. The van der Waals surface area contributed by atoms with Gasteiger partial charge in [0.2, 0.25) is 5.91 Å². The van der Waals surface area contributed by atoms with Crippen LogP contribution in [0.2, 0.25) is 0 Å². The molecule has 4 nitrogen and oxygen atoms in total. The molecule has 18 heavy (non-hydrogen) atoms. The molecular formula is C13H19N3OS. The molecule has 0 aromatic carbocycles. The van der Waals surface area contributed by atoms with Crippen LogP contribution in [-0.2, 0) is 11.3 Å². The fraction of sp³-hybridized carbons (Fsp3) is 0.462. The monoisotopic (exact) mass is 265 g/mol. The van der Waals surface area contributed by atoms with Crippen molar-refractivity contribution in [3.8, 4) is 0 Å². The summed E-state index contributed by atoms with van der Waals surface area (Å²) in [6.07, 6.45) is 3.42. The van der Waals surface area contributed by atoms with Gasteiger partial charge in [-0.3, -0.25) is 9.78 Å². The first-order chi connectivity index (χ1) is 8.43. The lowest BCUT2D eigenvalue weighted by Crippen LogP contribution is -2.41. The SMILES string of the molecule is CC(C)C(C(=O)N(C)Cc1ccncc1)C(N)=S. The van der Waals surface area contributed by atoms with E-state index in [0.717, 1.165) is 5.56 Å². The van der Waals surface area contributed by atoms with Gasteiger partial charge >= 0.3 is 0 Å². The molecule has 0 aliphatic carbocycles. The van der Waals surface area contributed by atoms with Gasteiger partial charge in [0.25, 0.3) is 0 Å². The number of hydrogen-bond acceptors (Lipinski definition) is 3. The molecule has 1 heterocycles. The Morgan fingerprint density at radius 1 is 1.44 bits per heavy atom. The zero-order valence-electron chi connectivity index (χ0n) is 11.0. The number of thiocarbonyl (C=S) groups is 1. The van der Waals surface area contributed by atoms with Gasteiger partial charge in [0.1, 0.15) is 0 Å². The molecule has 0 aliphatic heterocycles. The van der Waals surface area contributed by atoms with Crippen molar-refractivity contribution in [3.63, 3.8) is 0 Å². The predicted octanol–water partition coefficient (Wildman–Crippen LogP) is 1.60. The number of rotatable bonds is 5. The second-order valence-corrected chi connectivity index (χ2v) is 5.15. The van der Waals surface area contributed by atoms with Gasteiger partial charge in [-0.2, -0.15) is 0 Å². The Morgan fingerprint density at radius 3 is 2.44 bits per heavy atom. The molecule has 5 heteroatoms. The van der Waals surface area contributed by atoms with Crippen molar-refractivity contribution < 1.29 is 4.79 Å². The molecule has 1 unspecified atom stereocenters. The van der Waals surface area contributed by atoms with Crippen LogP contribution in [0.4, 0.5) is 0 Å². The maximum absolute atomic E-state index is 12.3. The van der Waals surface area contributed by atoms with Crippen LogP contribution in [0.1, 0.15) is 19.4 Å². The van der Waals surface area contributed by atoms with E-state index in [9.17, 15) is 4.79 Å². The first kappa shape index (κ1) is 14.6. The van der Waals surface area contributed by atoms with Crippen molar-refractivity contribution in [1.82, 2.24) is 9.88 Å². The van der Waals surface area contributed by atoms with Crippen LogP contribution in [0.5, 0.6) is 0 Å². The summed E-state index contributed by atoms with van der Waals surface area (Å²) in [6, 6.07) is 3.77. The van der Waals surface area contributed by atoms with Gasteiger partial charge in [-0.1, -0.05) is 26.1 Å². The Balaban J connectivity index is 2.74. The number of carbonyl (C=O) groups is 1. The Kier molecular flexibility index (Phi) is 5.22. The molecule has 1 amide bonds. The average Bonchev–Trinajstić information content (AvgIpc) is 2.29. The van der Waals surface area contributed by atoms with Crippen LogP contribution in [0, 0.1) is 11.8 Å². The number of amides is 1. The van der Waals surface area contributed by atoms with Gasteiger partial charge < -0.3 is 10.6 Å². The summed E-state index contributed by atoms with van der Waals surface area (Å²) in [5.41, 5.74) is 6.68. The van der Waals surface area contributed by atoms with Crippen LogP contribution in [0.25, 0.3) is 0 Å². The lowest BCUT2D eigenvalue weighted by atomic mass is 9.94. The number of pyridine rings is 1. The number of aromatic nitrogens is 1. The molecule has 0 radical (unpaired) electrons. The topological polar surface area (TPSA) is 59.2 Å². The Labute approximate surface area is 113 Å². The minimum absolute atomic E-state index is 0.0330. The van der Waals surface area contributed by atoms with E-state index in [1.54, 1.807) is 24.3 Å². The second kappa shape index (κ2) is 6.44. The van der Waals surface area contributed by atoms with Crippen molar-refractivity contribution >= 4 is 23.1 Å². The van der Waals surface area contributed by atoms with Crippen molar-refractivity contribution in [2.75, 3.05) is 7.05 Å². The van der Waals surface area contributed by atoms with E-state index in [1.165, 1.54) is 0 Å². The van der Waals surface area contributed by atoms with Gasteiger partial charge in [-0.15, -0.1) is 0 Å². The highest BCUT2D eigenvalue weighted by Crippen LogP contribution is 2.15. The van der Waals surface area contributed by atoms with E-state index < -0.39 is 5.92 Å². The molecule has 0 saturated heterocycles. The molecule has 0 saturated carbocycles. The summed E-state index contributed by atoms with van der Waals surface area (Å²) < 4.78 is 0. The van der Waals surface area contributed by atoms with E-state index in [-0.39, 0.29) is 16.8 Å². The average molecular weight is 265 g/mol. The van der Waals surface area contributed by atoms with E-state index >= 15 is 0 Å². The van der Waals surface area contributed by atoms with Crippen molar-refractivity contribution in [2.24, 2.45) is 17.6 Å². The van der Waals surface area contributed by atoms with Gasteiger partial charge in [-0.25, -0.2) is 0 Å². The molecule has 1 atom stereocenters. The molecule has 0 spiro atoms. The zero-order valence-corrected chi connectivity index (χ0v) is 11.8. The van der Waals surface area contributed by atoms with Gasteiger partial charge in [-0.05, 0) is 23.6 Å². The van der Waals surface area contributed by atoms with E-state index in [4.69, 9.17) is 18.0 Å². The molecule has 0 fully saturated rings. The van der Waals surface area contributed by atoms with Gasteiger partial charge in [0.15, 0.2) is 0 Å². The molecule has 2 N–H and O–H groups in total. The van der Waals surface area contributed by atoms with Crippen molar-refractivity contribution in [2.45, 2.75) is 20.4 Å². The fourth-order valence-electron chi connectivity index (χ4n) is 1.81. The zero-order chi connectivity index (χ0) is 13.7. The van der Waals surface area contributed by atoms with Gasteiger partial charge in [0.05, 0.1) is 10.9 Å². The van der Waals surface area contributed by atoms with Crippen molar-refractivity contribution in [1.29, 1.82) is 0 Å². The normalized spacial score (nSPS) is 12.2. The minimum Gasteiger partial charge on any atom is -0.393 e. The number of nitrogens with zero attached hydrogens (tertiary/aromatic N) is 2. The highest BCUT2D eigenvalue weighted by molar-refractivity contribution is 7.80. The van der Waals surface area contributed by atoms with Crippen LogP contribution in [0.15, 0.2) is 24.5 Å². The summed E-state index contributed by atoms with van der Waals surface area (Å²) >= 11 is 4.97. The van der Waals surface area contributed by atoms with Crippen molar-refractivity contribution in [3.05, 3.63) is 30.1 Å². The lowest BCUT2D eigenvalue weighted by Gasteiger charge is -2.25. The highest BCUT2D eigenvalue weighted by Gasteiger charge is 2.27. The smallest absolute Gasteiger partial charge is 0.232 e. The third kappa shape index (κ3) is 3.77. The third-order valence-electron chi connectivity index (χ3n) is 2.78. The molecule has 0 bridgehead atoms. The van der Waals surface area contributed by atoms with E-state index in [0.29, 0.717) is 6.54 Å². The summed E-state index contributed by atoms with van der Waals surface area (Å²) in [5.74, 6) is -0.323. The molecule has 1 aromatic rings. The van der Waals surface area contributed by atoms with Gasteiger partial charge in [0, 0.05) is 26.0 Å². The molecular weight excluding hydrogens is 246 g/mol. The Hall–Kier alpha value is -1.49.